The molecule has 1 unspecified atom stereocenters. The summed E-state index contributed by atoms with van der Waals surface area (Å²) in [5, 5.41) is 2.41. The minimum atomic E-state index is -0.635. The molecule has 1 aliphatic heterocycles. The molecule has 8 heteroatoms. The number of benzene rings is 3. The SMILES string of the molecule is CNC(=O)OCCC1(c2ccc(F)cc2)CCN([C@@H](C)c2ccc(-c3ccc(F)cc3F)cc2)C(=O)C1. The van der Waals surface area contributed by atoms with Gasteiger partial charge in [0.2, 0.25) is 5.91 Å². The van der Waals surface area contributed by atoms with E-state index in [4.69, 9.17) is 4.74 Å². The molecule has 5 nitrogen and oxygen atoms in total. The van der Waals surface area contributed by atoms with Crippen molar-refractivity contribution in [1.82, 2.24) is 10.2 Å². The van der Waals surface area contributed by atoms with Crippen molar-refractivity contribution in [1.29, 1.82) is 0 Å². The minimum absolute atomic E-state index is 0.0586. The predicted octanol–water partition coefficient (Wildman–Crippen LogP) is 6.14. The van der Waals surface area contributed by atoms with Gasteiger partial charge in [0.05, 0.1) is 12.6 Å². The van der Waals surface area contributed by atoms with Gasteiger partial charge >= 0.3 is 6.09 Å². The highest BCUT2D eigenvalue weighted by Gasteiger charge is 2.41. The largest absolute Gasteiger partial charge is 0.450 e. The summed E-state index contributed by atoms with van der Waals surface area (Å²) in [4.78, 5) is 26.8. The lowest BCUT2D eigenvalue weighted by atomic mass is 9.70. The second kappa shape index (κ2) is 11.1. The summed E-state index contributed by atoms with van der Waals surface area (Å²) in [5.74, 6) is -1.69. The lowest BCUT2D eigenvalue weighted by Gasteiger charge is -2.44. The Bertz CT molecular complexity index is 1260. The number of piperidine rings is 1. The molecule has 0 bridgehead atoms. The van der Waals surface area contributed by atoms with Crippen LogP contribution in [0.25, 0.3) is 11.1 Å². The van der Waals surface area contributed by atoms with Gasteiger partial charge in [-0.15, -0.1) is 0 Å². The maximum Gasteiger partial charge on any atom is 0.406 e. The number of halogens is 3. The van der Waals surface area contributed by atoms with E-state index in [0.717, 1.165) is 17.2 Å². The van der Waals surface area contributed by atoms with Gasteiger partial charge in [0.1, 0.15) is 17.5 Å². The average molecular weight is 511 g/mol. The number of rotatable bonds is 7. The van der Waals surface area contributed by atoms with Crippen molar-refractivity contribution in [3.05, 3.63) is 95.3 Å². The molecule has 1 heterocycles. The molecule has 0 spiro atoms. The van der Waals surface area contributed by atoms with E-state index < -0.39 is 23.1 Å². The number of hydrogen-bond acceptors (Lipinski definition) is 3. The monoisotopic (exact) mass is 510 g/mol. The standard InChI is InChI=1S/C29H29F3N2O3/c1-19(20-3-5-21(6-4-20)25-12-11-24(31)17-26(25)32)34-15-13-29(18-27(34)35,14-16-37-28(36)33-2)22-7-9-23(30)10-8-22/h3-12,17,19H,13-16,18H2,1-2H3,(H,33,36)/t19-,29?/m0/s1. The summed E-state index contributed by atoms with van der Waals surface area (Å²) in [7, 11) is 1.48. The molecule has 0 saturated carbocycles. The highest BCUT2D eigenvalue weighted by Crippen LogP contribution is 2.41. The molecular formula is C29H29F3N2O3. The first-order valence-electron chi connectivity index (χ1n) is 12.2. The van der Waals surface area contributed by atoms with Gasteiger partial charge in [-0.05, 0) is 60.7 Å². The fraction of sp³-hybridized carbons (Fsp3) is 0.310. The molecular weight excluding hydrogens is 481 g/mol. The van der Waals surface area contributed by atoms with Crippen LogP contribution < -0.4 is 5.32 Å². The molecule has 1 saturated heterocycles. The Kier molecular flexibility index (Phi) is 7.86. The van der Waals surface area contributed by atoms with Crippen LogP contribution in [0.5, 0.6) is 0 Å². The Hall–Kier alpha value is -3.81. The average Bonchev–Trinajstić information content (AvgIpc) is 2.89. The van der Waals surface area contributed by atoms with E-state index in [1.165, 1.54) is 31.3 Å². The van der Waals surface area contributed by atoms with Gasteiger partial charge in [-0.3, -0.25) is 4.79 Å². The smallest absolute Gasteiger partial charge is 0.406 e. The Balaban J connectivity index is 1.51. The van der Waals surface area contributed by atoms with Gasteiger partial charge in [0.25, 0.3) is 0 Å². The highest BCUT2D eigenvalue weighted by molar-refractivity contribution is 5.79. The van der Waals surface area contributed by atoms with Crippen LogP contribution in [-0.4, -0.2) is 37.1 Å². The maximum absolute atomic E-state index is 14.2. The summed E-state index contributed by atoms with van der Waals surface area (Å²) in [6.07, 6.45) is 0.692. The summed E-state index contributed by atoms with van der Waals surface area (Å²) in [6, 6.07) is 16.6. The number of amides is 2. The zero-order chi connectivity index (χ0) is 26.6. The quantitative estimate of drug-likeness (QED) is 0.416. The van der Waals surface area contributed by atoms with Gasteiger partial charge in [-0.2, -0.15) is 0 Å². The molecule has 1 aliphatic rings. The fourth-order valence-electron chi connectivity index (χ4n) is 5.01. The Labute approximate surface area is 214 Å². The molecule has 1 N–H and O–H groups in total. The van der Waals surface area contributed by atoms with E-state index in [9.17, 15) is 22.8 Å². The molecule has 0 aliphatic carbocycles. The van der Waals surface area contributed by atoms with Gasteiger partial charge in [0, 0.05) is 37.1 Å². The number of nitrogens with zero attached hydrogens (tertiary/aromatic N) is 1. The second-order valence-corrected chi connectivity index (χ2v) is 9.36. The topological polar surface area (TPSA) is 58.6 Å². The molecule has 2 atom stereocenters. The molecule has 0 radical (unpaired) electrons. The van der Waals surface area contributed by atoms with Crippen LogP contribution in [0.2, 0.25) is 0 Å². The molecule has 3 aromatic carbocycles. The number of alkyl carbamates (subject to hydrolysis) is 1. The van der Waals surface area contributed by atoms with Gasteiger partial charge in [-0.25, -0.2) is 18.0 Å². The van der Waals surface area contributed by atoms with Crippen molar-refractivity contribution in [2.75, 3.05) is 20.2 Å². The van der Waals surface area contributed by atoms with Crippen molar-refractivity contribution in [2.45, 2.75) is 37.6 Å². The number of likely N-dealkylation sites (tertiary alicyclic amines) is 1. The molecule has 2 amide bonds. The second-order valence-electron chi connectivity index (χ2n) is 9.36. The molecule has 3 aromatic rings. The summed E-state index contributed by atoms with van der Waals surface area (Å²) in [5.41, 5.74) is 2.05. The number of carbonyl (C=O) groups excluding carboxylic acids is 2. The zero-order valence-corrected chi connectivity index (χ0v) is 20.8. The van der Waals surface area contributed by atoms with Crippen molar-refractivity contribution in [3.8, 4) is 11.1 Å². The number of hydrogen-bond donors (Lipinski definition) is 1. The zero-order valence-electron chi connectivity index (χ0n) is 20.8. The maximum atomic E-state index is 14.2. The van der Waals surface area contributed by atoms with E-state index in [2.05, 4.69) is 5.32 Å². The van der Waals surface area contributed by atoms with E-state index >= 15 is 0 Å². The van der Waals surface area contributed by atoms with E-state index in [1.807, 2.05) is 19.1 Å². The number of carbonyl (C=O) groups is 2. The van der Waals surface area contributed by atoms with Crippen molar-refractivity contribution in [3.63, 3.8) is 0 Å². The third kappa shape index (κ3) is 5.79. The van der Waals surface area contributed by atoms with Gasteiger partial charge in [0.15, 0.2) is 0 Å². The van der Waals surface area contributed by atoms with Crippen LogP contribution >= 0.6 is 0 Å². The first-order valence-corrected chi connectivity index (χ1v) is 12.2. The third-order valence-electron chi connectivity index (χ3n) is 7.22. The van der Waals surface area contributed by atoms with Gasteiger partial charge in [-0.1, -0.05) is 36.4 Å². The summed E-state index contributed by atoms with van der Waals surface area (Å²) < 4.78 is 46.2. The molecule has 4 rings (SSSR count). The normalized spacial score (nSPS) is 18.4. The fourth-order valence-corrected chi connectivity index (χ4v) is 5.01. The molecule has 194 valence electrons. The van der Waals surface area contributed by atoms with Crippen LogP contribution in [0, 0.1) is 17.5 Å². The molecule has 0 aromatic heterocycles. The minimum Gasteiger partial charge on any atom is -0.450 e. The predicted molar refractivity (Wildman–Crippen MR) is 134 cm³/mol. The first-order chi connectivity index (χ1) is 17.7. The van der Waals surface area contributed by atoms with Crippen LogP contribution in [0.1, 0.15) is 43.4 Å². The van der Waals surface area contributed by atoms with E-state index in [1.54, 1.807) is 29.2 Å². The lowest BCUT2D eigenvalue weighted by Crippen LogP contribution is -2.47. The highest BCUT2D eigenvalue weighted by atomic mass is 19.1. The Morgan fingerprint density at radius 2 is 1.70 bits per heavy atom. The first kappa shape index (κ1) is 26.3. The van der Waals surface area contributed by atoms with Crippen LogP contribution in [0.3, 0.4) is 0 Å². The van der Waals surface area contributed by atoms with Crippen molar-refractivity contribution < 1.29 is 27.5 Å². The molecule has 1 fully saturated rings. The van der Waals surface area contributed by atoms with Crippen LogP contribution in [0.15, 0.2) is 66.7 Å². The lowest BCUT2D eigenvalue weighted by molar-refractivity contribution is -0.138. The Morgan fingerprint density at radius 1 is 1.03 bits per heavy atom. The molecule has 37 heavy (non-hydrogen) atoms. The third-order valence-corrected chi connectivity index (χ3v) is 7.22. The van der Waals surface area contributed by atoms with E-state index in [0.29, 0.717) is 30.5 Å². The summed E-state index contributed by atoms with van der Waals surface area (Å²) in [6.45, 7) is 2.53. The number of ether oxygens (including phenoxy) is 1. The van der Waals surface area contributed by atoms with Crippen molar-refractivity contribution >= 4 is 12.0 Å². The summed E-state index contributed by atoms with van der Waals surface area (Å²) >= 11 is 0. The van der Waals surface area contributed by atoms with E-state index in [-0.39, 0.29) is 30.8 Å². The Morgan fingerprint density at radius 3 is 2.32 bits per heavy atom. The van der Waals surface area contributed by atoms with Crippen molar-refractivity contribution in [2.24, 2.45) is 0 Å². The van der Waals surface area contributed by atoms with Crippen LogP contribution in [-0.2, 0) is 14.9 Å². The van der Waals surface area contributed by atoms with Gasteiger partial charge < -0.3 is 15.0 Å². The van der Waals surface area contributed by atoms with Crippen LogP contribution in [0.4, 0.5) is 18.0 Å². The number of nitrogens with one attached hydrogen (secondary N) is 1.